The van der Waals surface area contributed by atoms with Crippen molar-refractivity contribution in [2.45, 2.75) is 0 Å². The molecule has 4 nitrogen and oxygen atoms in total. The summed E-state index contributed by atoms with van der Waals surface area (Å²) in [6.07, 6.45) is 0. The number of anilines is 1. The van der Waals surface area contributed by atoms with Gasteiger partial charge in [-0.25, -0.2) is 4.79 Å². The summed E-state index contributed by atoms with van der Waals surface area (Å²) >= 11 is 8.98. The lowest BCUT2D eigenvalue weighted by molar-refractivity contribution is 0.0528. The molecule has 0 aliphatic carbocycles. The zero-order chi connectivity index (χ0) is 12.1. The Hall–Kier alpha value is -0.940. The number of nitrogens with two attached hydrogens (primary N) is 1. The molecule has 0 fully saturated rings. The van der Waals surface area contributed by atoms with Crippen LogP contribution in [0.15, 0.2) is 12.1 Å². The quantitative estimate of drug-likeness (QED) is 0.527. The third-order valence-corrected chi connectivity index (χ3v) is 2.50. The summed E-state index contributed by atoms with van der Waals surface area (Å²) in [5, 5.41) is 0.871. The maximum absolute atomic E-state index is 11.6. The maximum atomic E-state index is 11.6. The van der Waals surface area contributed by atoms with Crippen molar-refractivity contribution in [3.05, 3.63) is 22.7 Å². The number of hydrogen-bond acceptors (Lipinski definition) is 4. The summed E-state index contributed by atoms with van der Waals surface area (Å²) in [4.78, 5) is 11.6. The minimum absolute atomic E-state index is 0.266. The van der Waals surface area contributed by atoms with Crippen molar-refractivity contribution in [1.29, 1.82) is 0 Å². The van der Waals surface area contributed by atoms with Gasteiger partial charge in [-0.3, -0.25) is 0 Å². The first-order valence-electron chi connectivity index (χ1n) is 4.46. The monoisotopic (exact) mass is 307 g/mol. The van der Waals surface area contributed by atoms with Crippen molar-refractivity contribution in [2.24, 2.45) is 0 Å². The standard InChI is InChI=1S/C10H11BrClNO3/c1-15-9-5-8(13)7(12)4-6(9)10(14)16-3-2-11/h4-5H,2-3,13H2,1H3. The van der Waals surface area contributed by atoms with Crippen molar-refractivity contribution in [2.75, 3.05) is 24.8 Å². The second kappa shape index (κ2) is 5.96. The number of rotatable bonds is 4. The van der Waals surface area contributed by atoms with Crippen molar-refractivity contribution in [3.63, 3.8) is 0 Å². The van der Waals surface area contributed by atoms with Crippen molar-refractivity contribution in [1.82, 2.24) is 0 Å². The van der Waals surface area contributed by atoms with E-state index in [-0.39, 0.29) is 12.2 Å². The highest BCUT2D eigenvalue weighted by Gasteiger charge is 2.15. The van der Waals surface area contributed by atoms with Crippen molar-refractivity contribution < 1.29 is 14.3 Å². The van der Waals surface area contributed by atoms with Gasteiger partial charge < -0.3 is 15.2 Å². The molecule has 0 saturated carbocycles. The minimum atomic E-state index is -0.488. The van der Waals surface area contributed by atoms with Gasteiger partial charge in [0.15, 0.2) is 0 Å². The Labute approximate surface area is 107 Å². The van der Waals surface area contributed by atoms with Crippen LogP contribution < -0.4 is 10.5 Å². The Morgan fingerprint density at radius 2 is 2.25 bits per heavy atom. The largest absolute Gasteiger partial charge is 0.496 e. The summed E-state index contributed by atoms with van der Waals surface area (Å²) in [6.45, 7) is 0.282. The molecule has 0 atom stereocenters. The fourth-order valence-corrected chi connectivity index (χ4v) is 1.43. The number of methoxy groups -OCH3 is 1. The highest BCUT2D eigenvalue weighted by atomic mass is 79.9. The van der Waals surface area contributed by atoms with E-state index in [1.807, 2.05) is 0 Å². The zero-order valence-corrected chi connectivity index (χ0v) is 11.0. The lowest BCUT2D eigenvalue weighted by Crippen LogP contribution is -2.09. The topological polar surface area (TPSA) is 61.5 Å². The van der Waals surface area contributed by atoms with E-state index < -0.39 is 5.97 Å². The van der Waals surface area contributed by atoms with Gasteiger partial charge >= 0.3 is 5.97 Å². The van der Waals surface area contributed by atoms with Gasteiger partial charge in [0.1, 0.15) is 17.9 Å². The molecule has 0 saturated heterocycles. The highest BCUT2D eigenvalue weighted by Crippen LogP contribution is 2.29. The minimum Gasteiger partial charge on any atom is -0.496 e. The molecule has 0 unspecified atom stereocenters. The molecule has 16 heavy (non-hydrogen) atoms. The summed E-state index contributed by atoms with van der Waals surface area (Å²) in [7, 11) is 1.45. The van der Waals surface area contributed by atoms with Crippen LogP contribution in [0.3, 0.4) is 0 Å². The van der Waals surface area contributed by atoms with E-state index in [1.54, 1.807) is 0 Å². The molecule has 0 amide bonds. The van der Waals surface area contributed by atoms with E-state index in [0.29, 0.717) is 21.8 Å². The number of ether oxygens (including phenoxy) is 2. The van der Waals surface area contributed by atoms with Gasteiger partial charge in [-0.1, -0.05) is 27.5 Å². The number of hydrogen-bond donors (Lipinski definition) is 1. The zero-order valence-electron chi connectivity index (χ0n) is 8.63. The van der Waals surface area contributed by atoms with E-state index in [2.05, 4.69) is 15.9 Å². The third kappa shape index (κ3) is 3.02. The summed E-state index contributed by atoms with van der Waals surface area (Å²) in [5.41, 5.74) is 6.22. The number of esters is 1. The molecule has 88 valence electrons. The van der Waals surface area contributed by atoms with E-state index >= 15 is 0 Å². The predicted molar refractivity (Wildman–Crippen MR) is 66.5 cm³/mol. The van der Waals surface area contributed by atoms with Gasteiger partial charge in [-0.2, -0.15) is 0 Å². The fraction of sp³-hybridized carbons (Fsp3) is 0.300. The fourth-order valence-electron chi connectivity index (χ4n) is 1.11. The molecular formula is C10H11BrClNO3. The Morgan fingerprint density at radius 3 is 2.81 bits per heavy atom. The van der Waals surface area contributed by atoms with E-state index in [4.69, 9.17) is 26.8 Å². The van der Waals surface area contributed by atoms with Gasteiger partial charge in [-0.05, 0) is 6.07 Å². The molecule has 0 bridgehead atoms. The van der Waals surface area contributed by atoms with Gasteiger partial charge in [0, 0.05) is 11.4 Å². The molecule has 0 aliphatic heterocycles. The molecule has 1 aromatic carbocycles. The molecule has 6 heteroatoms. The average Bonchev–Trinajstić information content (AvgIpc) is 2.28. The molecule has 0 aromatic heterocycles. The van der Waals surface area contributed by atoms with Crippen LogP contribution in [0.25, 0.3) is 0 Å². The summed E-state index contributed by atoms with van der Waals surface area (Å²) < 4.78 is 9.98. The lowest BCUT2D eigenvalue weighted by atomic mass is 10.2. The number of benzene rings is 1. The molecule has 0 heterocycles. The van der Waals surface area contributed by atoms with Crippen LogP contribution in [-0.2, 0) is 4.74 Å². The smallest absolute Gasteiger partial charge is 0.342 e. The number of alkyl halides is 1. The summed E-state index contributed by atoms with van der Waals surface area (Å²) in [5.74, 6) is -0.139. The SMILES string of the molecule is COc1cc(N)c(Cl)cc1C(=O)OCCBr. The normalized spacial score (nSPS) is 9.94. The number of nitrogen functional groups attached to an aromatic ring is 1. The van der Waals surface area contributed by atoms with E-state index in [9.17, 15) is 4.79 Å². The van der Waals surface area contributed by atoms with E-state index in [0.717, 1.165) is 0 Å². The maximum Gasteiger partial charge on any atom is 0.342 e. The molecule has 0 radical (unpaired) electrons. The third-order valence-electron chi connectivity index (χ3n) is 1.85. The second-order valence-electron chi connectivity index (χ2n) is 2.90. The van der Waals surface area contributed by atoms with Crippen LogP contribution in [-0.4, -0.2) is 25.0 Å². The first kappa shape index (κ1) is 13.1. The first-order chi connectivity index (χ1) is 7.60. The van der Waals surface area contributed by atoms with Crippen LogP contribution in [0.5, 0.6) is 5.75 Å². The highest BCUT2D eigenvalue weighted by molar-refractivity contribution is 9.09. The Morgan fingerprint density at radius 1 is 1.56 bits per heavy atom. The number of carbonyl (C=O) groups excluding carboxylic acids is 1. The van der Waals surface area contributed by atoms with Crippen LogP contribution in [0.1, 0.15) is 10.4 Å². The molecule has 1 aromatic rings. The van der Waals surface area contributed by atoms with E-state index in [1.165, 1.54) is 19.2 Å². The van der Waals surface area contributed by atoms with Crippen LogP contribution in [0.2, 0.25) is 5.02 Å². The summed E-state index contributed by atoms with van der Waals surface area (Å²) in [6, 6.07) is 2.93. The molecule has 0 spiro atoms. The number of halogens is 2. The van der Waals surface area contributed by atoms with Gasteiger partial charge in [0.2, 0.25) is 0 Å². The van der Waals surface area contributed by atoms with Crippen LogP contribution >= 0.6 is 27.5 Å². The molecular weight excluding hydrogens is 297 g/mol. The Bertz CT molecular complexity index is 398. The molecule has 2 N–H and O–H groups in total. The van der Waals surface area contributed by atoms with Crippen LogP contribution in [0, 0.1) is 0 Å². The van der Waals surface area contributed by atoms with Gasteiger partial charge in [-0.15, -0.1) is 0 Å². The number of carbonyl (C=O) groups is 1. The predicted octanol–water partition coefficient (Wildman–Crippen LogP) is 2.48. The molecule has 0 aliphatic rings. The Kier molecular flexibility index (Phi) is 4.89. The lowest BCUT2D eigenvalue weighted by Gasteiger charge is -2.09. The Balaban J connectivity index is 3.02. The van der Waals surface area contributed by atoms with Crippen molar-refractivity contribution in [3.8, 4) is 5.75 Å². The molecule has 1 rings (SSSR count). The average molecular weight is 309 g/mol. The van der Waals surface area contributed by atoms with Crippen molar-refractivity contribution >= 4 is 39.2 Å². The van der Waals surface area contributed by atoms with Gasteiger partial charge in [0.25, 0.3) is 0 Å². The second-order valence-corrected chi connectivity index (χ2v) is 4.10. The first-order valence-corrected chi connectivity index (χ1v) is 5.96. The van der Waals surface area contributed by atoms with Crippen LogP contribution in [0.4, 0.5) is 5.69 Å². The van der Waals surface area contributed by atoms with Gasteiger partial charge in [0.05, 0.1) is 17.8 Å².